The van der Waals surface area contributed by atoms with Crippen LogP contribution in [0, 0.1) is 0 Å². The van der Waals surface area contributed by atoms with Crippen LogP contribution in [0.5, 0.6) is 0 Å². The summed E-state index contributed by atoms with van der Waals surface area (Å²) in [5.74, 6) is -0.0100. The minimum absolute atomic E-state index is 0.0100. The van der Waals surface area contributed by atoms with Crippen molar-refractivity contribution < 1.29 is 10.3 Å². The summed E-state index contributed by atoms with van der Waals surface area (Å²) >= 11 is 0. The zero-order valence-electron chi connectivity index (χ0n) is 9.45. The van der Waals surface area contributed by atoms with Crippen LogP contribution in [0.4, 0.5) is 5.69 Å². The van der Waals surface area contributed by atoms with Crippen LogP contribution in [-0.2, 0) is 0 Å². The van der Waals surface area contributed by atoms with Crippen LogP contribution in [0.3, 0.4) is 0 Å². The summed E-state index contributed by atoms with van der Waals surface area (Å²) in [6.07, 6.45) is 3.57. The zero-order chi connectivity index (χ0) is 12.3. The van der Waals surface area contributed by atoms with Crippen LogP contribution >= 0.6 is 0 Å². The normalized spacial score (nSPS) is 20.9. The molecule has 1 fully saturated rings. The van der Waals surface area contributed by atoms with Crippen molar-refractivity contribution in [1.82, 2.24) is 4.98 Å². The Kier molecular flexibility index (Phi) is 3.43. The van der Waals surface area contributed by atoms with E-state index in [2.05, 4.69) is 15.0 Å². The number of nitrogens with zero attached hydrogens (tertiary/aromatic N) is 3. The third kappa shape index (κ3) is 2.16. The molecule has 0 saturated carbocycles. The Morgan fingerprint density at radius 2 is 2.47 bits per heavy atom. The van der Waals surface area contributed by atoms with Gasteiger partial charge in [-0.1, -0.05) is 5.16 Å². The zero-order valence-corrected chi connectivity index (χ0v) is 9.45. The van der Waals surface area contributed by atoms with Crippen molar-refractivity contribution in [2.75, 3.05) is 18.1 Å². The fourth-order valence-electron chi connectivity index (χ4n) is 2.22. The van der Waals surface area contributed by atoms with Crippen molar-refractivity contribution in [3.63, 3.8) is 0 Å². The Balaban J connectivity index is 2.38. The SMILES string of the molecule is N/C(=N/O)c1ncccc1N1CCCC1CO. The van der Waals surface area contributed by atoms with E-state index in [0.717, 1.165) is 25.1 Å². The van der Waals surface area contributed by atoms with E-state index in [0.29, 0.717) is 5.69 Å². The number of anilines is 1. The highest BCUT2D eigenvalue weighted by atomic mass is 16.4. The van der Waals surface area contributed by atoms with E-state index < -0.39 is 0 Å². The highest BCUT2D eigenvalue weighted by Crippen LogP contribution is 2.27. The maximum Gasteiger partial charge on any atom is 0.190 e. The molecule has 0 amide bonds. The molecule has 1 aliphatic rings. The Bertz CT molecular complexity index is 422. The van der Waals surface area contributed by atoms with Crippen molar-refractivity contribution in [3.8, 4) is 0 Å². The van der Waals surface area contributed by atoms with Crippen molar-refractivity contribution in [1.29, 1.82) is 0 Å². The molecule has 0 spiro atoms. The first-order chi connectivity index (χ1) is 8.27. The molecule has 2 rings (SSSR count). The molecule has 1 atom stereocenters. The van der Waals surface area contributed by atoms with Crippen LogP contribution in [-0.4, -0.2) is 40.3 Å². The summed E-state index contributed by atoms with van der Waals surface area (Å²) in [7, 11) is 0. The largest absolute Gasteiger partial charge is 0.409 e. The van der Waals surface area contributed by atoms with Gasteiger partial charge < -0.3 is 20.9 Å². The molecule has 6 heteroatoms. The summed E-state index contributed by atoms with van der Waals surface area (Å²) < 4.78 is 0. The number of rotatable bonds is 3. The first kappa shape index (κ1) is 11.7. The van der Waals surface area contributed by atoms with Crippen molar-refractivity contribution in [3.05, 3.63) is 24.0 Å². The number of hydrogen-bond acceptors (Lipinski definition) is 5. The monoisotopic (exact) mass is 236 g/mol. The Morgan fingerprint density at radius 1 is 1.65 bits per heavy atom. The summed E-state index contributed by atoms with van der Waals surface area (Å²) in [6, 6.07) is 3.76. The Labute approximate surface area is 99.4 Å². The van der Waals surface area contributed by atoms with Crippen LogP contribution in [0.25, 0.3) is 0 Å². The van der Waals surface area contributed by atoms with Crippen LogP contribution in [0.1, 0.15) is 18.5 Å². The third-order valence-electron chi connectivity index (χ3n) is 3.03. The molecule has 1 aromatic heterocycles. The Morgan fingerprint density at radius 3 is 3.18 bits per heavy atom. The second-order valence-electron chi connectivity index (χ2n) is 4.03. The number of aromatic nitrogens is 1. The number of amidine groups is 1. The van der Waals surface area contributed by atoms with E-state index in [1.165, 1.54) is 0 Å². The van der Waals surface area contributed by atoms with Crippen molar-refractivity contribution in [2.45, 2.75) is 18.9 Å². The van der Waals surface area contributed by atoms with Gasteiger partial charge in [-0.25, -0.2) is 0 Å². The van der Waals surface area contributed by atoms with Gasteiger partial charge in [0.2, 0.25) is 0 Å². The van der Waals surface area contributed by atoms with Gasteiger partial charge in [0, 0.05) is 12.7 Å². The molecule has 0 aromatic carbocycles. The van der Waals surface area contributed by atoms with E-state index in [9.17, 15) is 5.11 Å². The number of oxime groups is 1. The number of hydrogen-bond donors (Lipinski definition) is 3. The van der Waals surface area contributed by atoms with Gasteiger partial charge in [-0.2, -0.15) is 0 Å². The van der Waals surface area contributed by atoms with Crippen LogP contribution in [0.2, 0.25) is 0 Å². The highest BCUT2D eigenvalue weighted by molar-refractivity contribution is 6.00. The van der Waals surface area contributed by atoms with Gasteiger partial charge in [-0.05, 0) is 25.0 Å². The fraction of sp³-hybridized carbons (Fsp3) is 0.455. The van der Waals surface area contributed by atoms with Crippen LogP contribution < -0.4 is 10.6 Å². The van der Waals surface area contributed by atoms with Gasteiger partial charge in [0.25, 0.3) is 0 Å². The van der Waals surface area contributed by atoms with Crippen molar-refractivity contribution >= 4 is 11.5 Å². The molecule has 0 aliphatic carbocycles. The van der Waals surface area contributed by atoms with Gasteiger partial charge in [-0.3, -0.25) is 4.98 Å². The predicted octanol–water partition coefficient (Wildman–Crippen LogP) is 0.137. The minimum atomic E-state index is -0.0100. The number of aliphatic hydroxyl groups excluding tert-OH is 1. The molecular weight excluding hydrogens is 220 g/mol. The van der Waals surface area contributed by atoms with E-state index >= 15 is 0 Å². The standard InChI is InChI=1S/C11H16N4O2/c12-11(14-17)10-9(4-1-5-13-10)15-6-2-3-8(15)7-16/h1,4-5,8,16-17H,2-3,6-7H2,(H2,12,14). The number of nitrogens with two attached hydrogens (primary N) is 1. The summed E-state index contributed by atoms with van der Waals surface area (Å²) in [6.45, 7) is 0.952. The maximum absolute atomic E-state index is 9.31. The van der Waals surface area contributed by atoms with Gasteiger partial charge in [0.1, 0.15) is 5.69 Å². The van der Waals surface area contributed by atoms with E-state index in [1.54, 1.807) is 12.3 Å². The van der Waals surface area contributed by atoms with E-state index in [-0.39, 0.29) is 18.5 Å². The Hall–Kier alpha value is -1.82. The molecule has 1 aromatic rings. The molecule has 1 saturated heterocycles. The van der Waals surface area contributed by atoms with E-state index in [4.69, 9.17) is 10.9 Å². The van der Waals surface area contributed by atoms with E-state index in [1.807, 2.05) is 6.07 Å². The molecule has 6 nitrogen and oxygen atoms in total. The number of pyridine rings is 1. The first-order valence-corrected chi connectivity index (χ1v) is 5.58. The average Bonchev–Trinajstić information content (AvgIpc) is 2.86. The molecule has 1 unspecified atom stereocenters. The molecule has 0 bridgehead atoms. The third-order valence-corrected chi connectivity index (χ3v) is 3.03. The molecule has 17 heavy (non-hydrogen) atoms. The second-order valence-corrected chi connectivity index (χ2v) is 4.03. The topological polar surface area (TPSA) is 95.0 Å². The second kappa shape index (κ2) is 5.01. The summed E-state index contributed by atoms with van der Waals surface area (Å²) in [4.78, 5) is 6.18. The summed E-state index contributed by atoms with van der Waals surface area (Å²) in [5, 5.41) is 21.0. The molecule has 0 radical (unpaired) electrons. The number of aliphatic hydroxyl groups is 1. The van der Waals surface area contributed by atoms with Gasteiger partial charge in [0.15, 0.2) is 5.84 Å². The first-order valence-electron chi connectivity index (χ1n) is 5.58. The summed E-state index contributed by atoms with van der Waals surface area (Å²) in [5.41, 5.74) is 6.86. The molecular formula is C11H16N4O2. The maximum atomic E-state index is 9.31. The van der Waals surface area contributed by atoms with Gasteiger partial charge in [0.05, 0.1) is 18.3 Å². The highest BCUT2D eigenvalue weighted by Gasteiger charge is 2.26. The minimum Gasteiger partial charge on any atom is -0.409 e. The average molecular weight is 236 g/mol. The fourth-order valence-corrected chi connectivity index (χ4v) is 2.22. The quantitative estimate of drug-likeness (QED) is 0.300. The lowest BCUT2D eigenvalue weighted by atomic mass is 10.2. The smallest absolute Gasteiger partial charge is 0.190 e. The van der Waals surface area contributed by atoms with Gasteiger partial charge in [-0.15, -0.1) is 0 Å². The lowest BCUT2D eigenvalue weighted by molar-refractivity contribution is 0.266. The molecule has 4 N–H and O–H groups in total. The predicted molar refractivity (Wildman–Crippen MR) is 64.2 cm³/mol. The van der Waals surface area contributed by atoms with Crippen LogP contribution in [0.15, 0.2) is 23.5 Å². The molecule has 92 valence electrons. The molecule has 2 heterocycles. The lowest BCUT2D eigenvalue weighted by Crippen LogP contribution is -2.34. The lowest BCUT2D eigenvalue weighted by Gasteiger charge is -2.26. The molecule has 1 aliphatic heterocycles. The van der Waals surface area contributed by atoms with Crippen molar-refractivity contribution in [2.24, 2.45) is 10.9 Å². The van der Waals surface area contributed by atoms with Gasteiger partial charge >= 0.3 is 0 Å².